The van der Waals surface area contributed by atoms with E-state index in [2.05, 4.69) is 0 Å². The monoisotopic (exact) mass is 253 g/mol. The molecule has 0 spiro atoms. The maximum Gasteiger partial charge on any atom is 0.260 e. The minimum atomic E-state index is -0.267. The molecule has 0 saturated heterocycles. The molecule has 96 valence electrons. The van der Waals surface area contributed by atoms with E-state index in [1.807, 2.05) is 36.4 Å². The van der Waals surface area contributed by atoms with Gasteiger partial charge in [0.15, 0.2) is 0 Å². The van der Waals surface area contributed by atoms with Gasteiger partial charge in [-0.05, 0) is 17.7 Å². The quantitative estimate of drug-likeness (QED) is 0.843. The number of benzene rings is 2. The zero-order chi connectivity index (χ0) is 13.7. The topological polar surface area (TPSA) is 37.4 Å². The van der Waals surface area contributed by atoms with E-state index in [0.29, 0.717) is 12.1 Å². The van der Waals surface area contributed by atoms with E-state index in [1.54, 1.807) is 24.3 Å². The summed E-state index contributed by atoms with van der Waals surface area (Å²) in [5.74, 6) is -0.519. The first kappa shape index (κ1) is 13.0. The molecule has 3 nitrogen and oxygen atoms in total. The van der Waals surface area contributed by atoms with Crippen molar-refractivity contribution in [2.24, 2.45) is 0 Å². The molecular weight excluding hydrogens is 238 g/mol. The van der Waals surface area contributed by atoms with Gasteiger partial charge < -0.3 is 0 Å². The Morgan fingerprint density at radius 1 is 0.895 bits per heavy atom. The summed E-state index contributed by atoms with van der Waals surface area (Å²) in [5, 5.41) is 0. The van der Waals surface area contributed by atoms with Crippen molar-refractivity contribution in [1.29, 1.82) is 0 Å². The zero-order valence-corrected chi connectivity index (χ0v) is 10.7. The molecular formula is C16H15NO2. The van der Waals surface area contributed by atoms with Crippen LogP contribution in [0.3, 0.4) is 0 Å². The lowest BCUT2D eigenvalue weighted by molar-refractivity contribution is -0.126. The summed E-state index contributed by atoms with van der Waals surface area (Å²) in [6, 6.07) is 18.3. The van der Waals surface area contributed by atoms with Crippen molar-refractivity contribution >= 4 is 11.8 Å². The molecule has 0 atom stereocenters. The maximum absolute atomic E-state index is 12.3. The Kier molecular flexibility index (Phi) is 4.08. The first-order chi connectivity index (χ1) is 9.18. The highest BCUT2D eigenvalue weighted by atomic mass is 16.2. The van der Waals surface area contributed by atoms with E-state index in [9.17, 15) is 9.59 Å². The first-order valence-corrected chi connectivity index (χ1v) is 6.10. The average molecular weight is 253 g/mol. The summed E-state index contributed by atoms with van der Waals surface area (Å²) in [6.45, 7) is 1.70. The van der Waals surface area contributed by atoms with Gasteiger partial charge in [0.25, 0.3) is 5.91 Å². The molecule has 0 aliphatic heterocycles. The summed E-state index contributed by atoms with van der Waals surface area (Å²) in [6.07, 6.45) is 0. The van der Waals surface area contributed by atoms with Crippen LogP contribution in [0.25, 0.3) is 0 Å². The van der Waals surface area contributed by atoms with Crippen LogP contribution in [0.4, 0.5) is 0 Å². The number of rotatable bonds is 3. The third kappa shape index (κ3) is 3.28. The van der Waals surface area contributed by atoms with Gasteiger partial charge in [0.2, 0.25) is 5.91 Å². The minimum absolute atomic E-state index is 0.252. The number of carbonyl (C=O) groups is 2. The molecule has 2 aromatic rings. The molecule has 0 N–H and O–H groups in total. The zero-order valence-electron chi connectivity index (χ0n) is 10.7. The number of carbonyl (C=O) groups excluding carboxylic acids is 2. The number of hydrogen-bond donors (Lipinski definition) is 0. The van der Waals surface area contributed by atoms with E-state index >= 15 is 0 Å². The largest absolute Gasteiger partial charge is 0.275 e. The van der Waals surface area contributed by atoms with Crippen molar-refractivity contribution in [3.05, 3.63) is 71.8 Å². The summed E-state index contributed by atoms with van der Waals surface area (Å²) in [7, 11) is 0. The van der Waals surface area contributed by atoms with Crippen LogP contribution >= 0.6 is 0 Å². The fourth-order valence-corrected chi connectivity index (χ4v) is 1.83. The van der Waals surface area contributed by atoms with Crippen molar-refractivity contribution < 1.29 is 9.59 Å². The molecule has 0 aromatic heterocycles. The second-order valence-electron chi connectivity index (χ2n) is 4.26. The normalized spacial score (nSPS) is 9.95. The Labute approximate surface area is 112 Å². The van der Waals surface area contributed by atoms with Crippen molar-refractivity contribution in [2.45, 2.75) is 13.5 Å². The molecule has 0 saturated carbocycles. The fourth-order valence-electron chi connectivity index (χ4n) is 1.83. The maximum atomic E-state index is 12.3. The molecule has 0 bridgehead atoms. The van der Waals surface area contributed by atoms with E-state index in [4.69, 9.17) is 0 Å². The van der Waals surface area contributed by atoms with Crippen molar-refractivity contribution in [1.82, 2.24) is 4.90 Å². The van der Waals surface area contributed by atoms with Crippen molar-refractivity contribution in [2.75, 3.05) is 0 Å². The smallest absolute Gasteiger partial charge is 0.260 e. The van der Waals surface area contributed by atoms with Gasteiger partial charge in [-0.3, -0.25) is 14.5 Å². The number of nitrogens with zero attached hydrogens (tertiary/aromatic N) is 1. The van der Waals surface area contributed by atoms with Gasteiger partial charge in [0.1, 0.15) is 0 Å². The van der Waals surface area contributed by atoms with E-state index in [0.717, 1.165) is 5.56 Å². The van der Waals surface area contributed by atoms with Gasteiger partial charge in [-0.15, -0.1) is 0 Å². The lowest BCUT2D eigenvalue weighted by Gasteiger charge is -2.19. The Morgan fingerprint density at radius 3 is 1.95 bits per heavy atom. The van der Waals surface area contributed by atoms with Crippen LogP contribution in [-0.2, 0) is 11.3 Å². The standard InChI is InChI=1S/C16H15NO2/c1-13(18)17(12-14-8-4-2-5-9-14)16(19)15-10-6-3-7-11-15/h2-11H,12H2,1H3. The van der Waals surface area contributed by atoms with Crippen LogP contribution in [0.2, 0.25) is 0 Å². The van der Waals surface area contributed by atoms with Gasteiger partial charge in [0.05, 0.1) is 6.54 Å². The lowest BCUT2D eigenvalue weighted by atomic mass is 10.1. The predicted octanol–water partition coefficient (Wildman–Crippen LogP) is 2.88. The Balaban J connectivity index is 2.22. The molecule has 0 fully saturated rings. The summed E-state index contributed by atoms with van der Waals surface area (Å²) < 4.78 is 0. The van der Waals surface area contributed by atoms with Crippen LogP contribution in [0, 0.1) is 0 Å². The molecule has 0 heterocycles. The number of hydrogen-bond acceptors (Lipinski definition) is 2. The summed E-state index contributed by atoms with van der Waals surface area (Å²) in [5.41, 5.74) is 1.45. The van der Waals surface area contributed by atoms with Crippen LogP contribution in [-0.4, -0.2) is 16.7 Å². The third-order valence-electron chi connectivity index (χ3n) is 2.83. The van der Waals surface area contributed by atoms with Crippen LogP contribution in [0.1, 0.15) is 22.8 Å². The van der Waals surface area contributed by atoms with E-state index in [1.165, 1.54) is 11.8 Å². The van der Waals surface area contributed by atoms with Crippen molar-refractivity contribution in [3.63, 3.8) is 0 Å². The third-order valence-corrected chi connectivity index (χ3v) is 2.83. The van der Waals surface area contributed by atoms with Gasteiger partial charge in [-0.25, -0.2) is 0 Å². The molecule has 19 heavy (non-hydrogen) atoms. The van der Waals surface area contributed by atoms with Gasteiger partial charge in [-0.1, -0.05) is 48.5 Å². The molecule has 0 radical (unpaired) electrons. The Morgan fingerprint density at radius 2 is 1.42 bits per heavy atom. The molecule has 3 heteroatoms. The highest BCUT2D eigenvalue weighted by Gasteiger charge is 2.19. The van der Waals surface area contributed by atoms with E-state index in [-0.39, 0.29) is 11.8 Å². The van der Waals surface area contributed by atoms with Crippen LogP contribution in [0.15, 0.2) is 60.7 Å². The SMILES string of the molecule is CC(=O)N(Cc1ccccc1)C(=O)c1ccccc1. The fraction of sp³-hybridized carbons (Fsp3) is 0.125. The highest BCUT2D eigenvalue weighted by molar-refractivity contribution is 6.03. The molecule has 0 aliphatic rings. The van der Waals surface area contributed by atoms with Gasteiger partial charge >= 0.3 is 0 Å². The molecule has 2 aromatic carbocycles. The molecule has 0 unspecified atom stereocenters. The predicted molar refractivity (Wildman–Crippen MR) is 73.4 cm³/mol. The van der Waals surface area contributed by atoms with Gasteiger partial charge in [0, 0.05) is 12.5 Å². The summed E-state index contributed by atoms with van der Waals surface area (Å²) >= 11 is 0. The second-order valence-corrected chi connectivity index (χ2v) is 4.26. The highest BCUT2D eigenvalue weighted by Crippen LogP contribution is 2.10. The van der Waals surface area contributed by atoms with Crippen molar-refractivity contribution in [3.8, 4) is 0 Å². The summed E-state index contributed by atoms with van der Waals surface area (Å²) in [4.78, 5) is 25.2. The van der Waals surface area contributed by atoms with Crippen LogP contribution in [0.5, 0.6) is 0 Å². The number of imide groups is 1. The van der Waals surface area contributed by atoms with E-state index < -0.39 is 0 Å². The minimum Gasteiger partial charge on any atom is -0.275 e. The first-order valence-electron chi connectivity index (χ1n) is 6.10. The van der Waals surface area contributed by atoms with Gasteiger partial charge in [-0.2, -0.15) is 0 Å². The Bertz CT molecular complexity index is 564. The Hall–Kier alpha value is -2.42. The molecule has 0 aliphatic carbocycles. The molecule has 2 rings (SSSR count). The van der Waals surface area contributed by atoms with Crippen LogP contribution < -0.4 is 0 Å². The number of amides is 2. The average Bonchev–Trinajstić information content (AvgIpc) is 2.46. The lowest BCUT2D eigenvalue weighted by Crippen LogP contribution is -2.34. The molecule has 2 amide bonds. The second kappa shape index (κ2) is 5.96.